The topological polar surface area (TPSA) is 80.5 Å². The smallest absolute Gasteiger partial charge is 0.224 e. The molecule has 2 rings (SSSR count). The Labute approximate surface area is 132 Å². The standard InChI is InChI=1S/C16H24N2O3S/c1-16(2,3)13-6-4-12(5-7-13)8-9-18-11-14(10-15(18)19)22(17,20)21/h4-7,14H,8-11H2,1-3H3,(H2,17,20,21). The minimum Gasteiger partial charge on any atom is -0.341 e. The Hall–Kier alpha value is -1.40. The minimum atomic E-state index is -3.64. The summed E-state index contributed by atoms with van der Waals surface area (Å²) in [4.78, 5) is 13.4. The maximum atomic E-state index is 11.8. The number of rotatable bonds is 4. The van der Waals surface area contributed by atoms with Gasteiger partial charge in [-0.15, -0.1) is 0 Å². The number of sulfonamides is 1. The van der Waals surface area contributed by atoms with Crippen LogP contribution in [0.1, 0.15) is 38.3 Å². The third-order valence-corrected chi connectivity index (χ3v) is 5.38. The zero-order chi connectivity index (χ0) is 16.5. The largest absolute Gasteiger partial charge is 0.341 e. The van der Waals surface area contributed by atoms with Gasteiger partial charge in [0, 0.05) is 19.5 Å². The highest BCUT2D eigenvalue weighted by molar-refractivity contribution is 7.89. The fraction of sp³-hybridized carbons (Fsp3) is 0.562. The van der Waals surface area contributed by atoms with Crippen molar-refractivity contribution in [2.24, 2.45) is 5.14 Å². The van der Waals surface area contributed by atoms with E-state index in [-0.39, 0.29) is 24.3 Å². The molecule has 22 heavy (non-hydrogen) atoms. The van der Waals surface area contributed by atoms with Crippen LogP contribution in [0.25, 0.3) is 0 Å². The van der Waals surface area contributed by atoms with Crippen LogP contribution in [0.3, 0.4) is 0 Å². The number of carbonyl (C=O) groups is 1. The van der Waals surface area contributed by atoms with Crippen LogP contribution >= 0.6 is 0 Å². The highest BCUT2D eigenvalue weighted by Crippen LogP contribution is 2.22. The minimum absolute atomic E-state index is 0.00178. The van der Waals surface area contributed by atoms with E-state index in [0.717, 1.165) is 5.56 Å². The van der Waals surface area contributed by atoms with Crippen LogP contribution < -0.4 is 5.14 Å². The van der Waals surface area contributed by atoms with Crippen LogP contribution in [0, 0.1) is 0 Å². The van der Waals surface area contributed by atoms with E-state index < -0.39 is 15.3 Å². The Morgan fingerprint density at radius 3 is 2.27 bits per heavy atom. The normalized spacial score (nSPS) is 19.7. The van der Waals surface area contributed by atoms with Gasteiger partial charge in [0.15, 0.2) is 0 Å². The molecule has 1 amide bonds. The Balaban J connectivity index is 1.95. The van der Waals surface area contributed by atoms with Gasteiger partial charge in [-0.25, -0.2) is 13.6 Å². The summed E-state index contributed by atoms with van der Waals surface area (Å²) >= 11 is 0. The summed E-state index contributed by atoms with van der Waals surface area (Å²) < 4.78 is 22.7. The van der Waals surface area contributed by atoms with Crippen molar-refractivity contribution in [2.45, 2.75) is 44.3 Å². The van der Waals surface area contributed by atoms with Crippen LogP contribution in [-0.2, 0) is 26.7 Å². The lowest BCUT2D eigenvalue weighted by Crippen LogP contribution is -2.33. The van der Waals surface area contributed by atoms with Gasteiger partial charge >= 0.3 is 0 Å². The number of amides is 1. The number of likely N-dealkylation sites (tertiary alicyclic amines) is 1. The van der Waals surface area contributed by atoms with Gasteiger partial charge in [-0.1, -0.05) is 45.0 Å². The molecule has 0 radical (unpaired) electrons. The lowest BCUT2D eigenvalue weighted by Gasteiger charge is -2.20. The molecule has 122 valence electrons. The molecule has 5 nitrogen and oxygen atoms in total. The second kappa shape index (κ2) is 6.01. The van der Waals surface area contributed by atoms with E-state index in [1.165, 1.54) is 5.56 Å². The van der Waals surface area contributed by atoms with E-state index in [9.17, 15) is 13.2 Å². The number of primary sulfonamides is 1. The molecule has 0 aliphatic carbocycles. The first-order valence-corrected chi connectivity index (χ1v) is 9.07. The zero-order valence-corrected chi connectivity index (χ0v) is 14.2. The summed E-state index contributed by atoms with van der Waals surface area (Å²) in [7, 11) is -3.64. The van der Waals surface area contributed by atoms with Gasteiger partial charge in [0.05, 0.1) is 0 Å². The SMILES string of the molecule is CC(C)(C)c1ccc(CCN2CC(S(N)(=O)=O)CC2=O)cc1. The van der Waals surface area contributed by atoms with Crippen molar-refractivity contribution in [1.29, 1.82) is 0 Å². The predicted octanol–water partition coefficient (Wildman–Crippen LogP) is 1.42. The molecule has 0 bridgehead atoms. The molecule has 1 fully saturated rings. The zero-order valence-electron chi connectivity index (χ0n) is 13.4. The average Bonchev–Trinajstić information content (AvgIpc) is 2.77. The van der Waals surface area contributed by atoms with Crippen molar-refractivity contribution in [3.8, 4) is 0 Å². The first-order chi connectivity index (χ1) is 10.1. The third-order valence-electron chi connectivity index (χ3n) is 4.13. The molecule has 1 saturated heterocycles. The number of nitrogens with zero attached hydrogens (tertiary/aromatic N) is 1. The number of benzene rings is 1. The Kier molecular flexibility index (Phi) is 4.63. The van der Waals surface area contributed by atoms with E-state index in [4.69, 9.17) is 5.14 Å². The van der Waals surface area contributed by atoms with Crippen molar-refractivity contribution >= 4 is 15.9 Å². The van der Waals surface area contributed by atoms with Crippen LogP contribution in [-0.4, -0.2) is 37.6 Å². The Bertz CT molecular complexity index is 645. The first-order valence-electron chi connectivity index (χ1n) is 7.46. The van der Waals surface area contributed by atoms with Gasteiger partial charge in [0.2, 0.25) is 15.9 Å². The van der Waals surface area contributed by atoms with Crippen molar-refractivity contribution < 1.29 is 13.2 Å². The monoisotopic (exact) mass is 324 g/mol. The molecule has 1 aliphatic rings. The quantitative estimate of drug-likeness (QED) is 0.909. The van der Waals surface area contributed by atoms with Gasteiger partial charge in [-0.3, -0.25) is 4.79 Å². The van der Waals surface area contributed by atoms with Crippen LogP contribution in [0.15, 0.2) is 24.3 Å². The molecule has 1 heterocycles. The maximum Gasteiger partial charge on any atom is 0.224 e. The van der Waals surface area contributed by atoms with E-state index in [1.54, 1.807) is 4.90 Å². The molecule has 1 aromatic rings. The van der Waals surface area contributed by atoms with Crippen molar-refractivity contribution in [2.75, 3.05) is 13.1 Å². The first kappa shape index (κ1) is 17.0. The van der Waals surface area contributed by atoms with E-state index >= 15 is 0 Å². The fourth-order valence-electron chi connectivity index (χ4n) is 2.61. The van der Waals surface area contributed by atoms with Crippen LogP contribution in [0.4, 0.5) is 0 Å². The molecule has 6 heteroatoms. The van der Waals surface area contributed by atoms with E-state index in [2.05, 4.69) is 45.0 Å². The summed E-state index contributed by atoms with van der Waals surface area (Å²) in [6.45, 7) is 7.23. The molecule has 1 aromatic carbocycles. The fourth-order valence-corrected chi connectivity index (χ4v) is 3.37. The lowest BCUT2D eigenvalue weighted by molar-refractivity contribution is -0.127. The third kappa shape index (κ3) is 4.08. The van der Waals surface area contributed by atoms with Gasteiger partial charge in [0.25, 0.3) is 0 Å². The number of hydrogen-bond donors (Lipinski definition) is 1. The second-order valence-electron chi connectivity index (χ2n) is 6.95. The average molecular weight is 324 g/mol. The van der Waals surface area contributed by atoms with E-state index in [0.29, 0.717) is 13.0 Å². The molecule has 1 aliphatic heterocycles. The summed E-state index contributed by atoms with van der Waals surface area (Å²) in [6, 6.07) is 8.35. The summed E-state index contributed by atoms with van der Waals surface area (Å²) in [5, 5.41) is 4.36. The van der Waals surface area contributed by atoms with Gasteiger partial charge in [0.1, 0.15) is 5.25 Å². The van der Waals surface area contributed by atoms with Gasteiger partial charge in [-0.2, -0.15) is 0 Å². The Morgan fingerprint density at radius 2 is 1.82 bits per heavy atom. The number of carbonyl (C=O) groups excluding carboxylic acids is 1. The summed E-state index contributed by atoms with van der Waals surface area (Å²) in [5.74, 6) is -0.134. The Morgan fingerprint density at radius 1 is 1.23 bits per heavy atom. The highest BCUT2D eigenvalue weighted by Gasteiger charge is 2.35. The van der Waals surface area contributed by atoms with Crippen molar-refractivity contribution in [1.82, 2.24) is 4.90 Å². The number of nitrogens with two attached hydrogens (primary N) is 1. The highest BCUT2D eigenvalue weighted by atomic mass is 32.2. The second-order valence-corrected chi connectivity index (χ2v) is 8.80. The lowest BCUT2D eigenvalue weighted by atomic mass is 9.86. The van der Waals surface area contributed by atoms with E-state index in [1.807, 2.05) is 0 Å². The molecule has 2 N–H and O–H groups in total. The van der Waals surface area contributed by atoms with Crippen molar-refractivity contribution in [3.63, 3.8) is 0 Å². The number of hydrogen-bond acceptors (Lipinski definition) is 3. The summed E-state index contributed by atoms with van der Waals surface area (Å²) in [5.41, 5.74) is 2.52. The molecular weight excluding hydrogens is 300 g/mol. The molecule has 1 atom stereocenters. The molecule has 0 aromatic heterocycles. The molecular formula is C16H24N2O3S. The maximum absolute atomic E-state index is 11.8. The molecule has 0 spiro atoms. The predicted molar refractivity (Wildman–Crippen MR) is 86.9 cm³/mol. The van der Waals surface area contributed by atoms with Gasteiger partial charge < -0.3 is 4.90 Å². The van der Waals surface area contributed by atoms with Crippen LogP contribution in [0.2, 0.25) is 0 Å². The van der Waals surface area contributed by atoms with Crippen LogP contribution in [0.5, 0.6) is 0 Å². The summed E-state index contributed by atoms with van der Waals surface area (Å²) in [6.07, 6.45) is 0.718. The van der Waals surface area contributed by atoms with Gasteiger partial charge in [-0.05, 0) is 23.0 Å². The van der Waals surface area contributed by atoms with Crippen molar-refractivity contribution in [3.05, 3.63) is 35.4 Å². The molecule has 0 saturated carbocycles. The molecule has 1 unspecified atom stereocenters.